The minimum atomic E-state index is -1.37. The van der Waals surface area contributed by atoms with Gasteiger partial charge in [-0.05, 0) is 102 Å². The molecular formula is C46H62BrN9O7. The minimum absolute atomic E-state index is 0.0144. The number of nitrogens with one attached hydrogen (secondary N) is 4. The van der Waals surface area contributed by atoms with Crippen LogP contribution in [-0.2, 0) is 32.0 Å². The van der Waals surface area contributed by atoms with Gasteiger partial charge < -0.3 is 52.8 Å². The molecule has 17 heteroatoms. The van der Waals surface area contributed by atoms with E-state index in [1.807, 2.05) is 18.2 Å². The van der Waals surface area contributed by atoms with Crippen molar-refractivity contribution >= 4 is 45.5 Å². The molecule has 0 spiro atoms. The fourth-order valence-electron chi connectivity index (χ4n) is 7.37. The van der Waals surface area contributed by atoms with Gasteiger partial charge in [0.2, 0.25) is 23.6 Å². The summed E-state index contributed by atoms with van der Waals surface area (Å²) in [5.41, 5.74) is 21.0. The number of likely N-dealkylation sites (N-methyl/N-ethyl adjacent to an activating group) is 1. The zero-order chi connectivity index (χ0) is 45.9. The lowest BCUT2D eigenvalue weighted by Crippen LogP contribution is -2.56. The Balaban J connectivity index is 1.76. The third-order valence-corrected chi connectivity index (χ3v) is 11.4. The first kappa shape index (κ1) is 50.1. The van der Waals surface area contributed by atoms with Crippen molar-refractivity contribution in [1.29, 1.82) is 5.26 Å². The first-order valence-electron chi connectivity index (χ1n) is 21.6. The van der Waals surface area contributed by atoms with Crippen molar-refractivity contribution in [2.24, 2.45) is 17.2 Å². The molecule has 4 bridgehead atoms. The van der Waals surface area contributed by atoms with E-state index in [9.17, 15) is 24.0 Å². The van der Waals surface area contributed by atoms with Crippen LogP contribution in [0.2, 0.25) is 0 Å². The Morgan fingerprint density at radius 1 is 0.889 bits per heavy atom. The summed E-state index contributed by atoms with van der Waals surface area (Å²) < 4.78 is 12.8. The molecule has 5 amide bonds. The lowest BCUT2D eigenvalue weighted by molar-refractivity contribution is -0.141. The first-order chi connectivity index (χ1) is 30.4. The average molecular weight is 933 g/mol. The maximum atomic E-state index is 14.6. The second-order valence-corrected chi connectivity index (χ2v) is 16.4. The van der Waals surface area contributed by atoms with Crippen molar-refractivity contribution in [3.05, 3.63) is 81.3 Å². The molecule has 3 aromatic rings. The van der Waals surface area contributed by atoms with Crippen molar-refractivity contribution in [2.75, 3.05) is 46.4 Å². The number of nitrogens with zero attached hydrogens (tertiary/aromatic N) is 2. The van der Waals surface area contributed by atoms with Gasteiger partial charge in [-0.3, -0.25) is 24.0 Å². The molecule has 3 aromatic carbocycles. The Morgan fingerprint density at radius 3 is 2.21 bits per heavy atom. The Morgan fingerprint density at radius 2 is 1.56 bits per heavy atom. The Labute approximate surface area is 378 Å². The third-order valence-electron chi connectivity index (χ3n) is 10.7. The number of nitrogens with two attached hydrogens (primary N) is 3. The number of ether oxygens (including phenoxy) is 2. The van der Waals surface area contributed by atoms with E-state index in [4.69, 9.17) is 31.9 Å². The lowest BCUT2D eigenvalue weighted by Gasteiger charge is -2.32. The standard InChI is InChI=1S/C46H62BrN9O7/c1-4-5-6-7-8-9-10-30-11-14-33(36(47)26-30)43(58)54-37(17-18-48)46(61)56(3)41-32-13-16-40(63-24-21-51)35(28-32)34-25-31(12-15-39(34)62-23-20-50)27-38(44(59)52-22-19-49)55-42(57)29(2)53-45(41)60/h11-16,25-26,28-29,37-38,41H,4-10,17-18,20-24,27,48,50-51H2,1-3H3,(H,52,59)(H,53,60)(H,54,58)(H,55,57)/t29-,37-,38-,41-/m0/s1. The summed E-state index contributed by atoms with van der Waals surface area (Å²) in [5, 5.41) is 19.9. The maximum absolute atomic E-state index is 14.6. The number of benzene rings is 3. The van der Waals surface area contributed by atoms with E-state index in [1.54, 1.807) is 42.5 Å². The molecule has 1 heterocycles. The molecular weight excluding hydrogens is 870 g/mol. The summed E-state index contributed by atoms with van der Waals surface area (Å²) in [7, 11) is 1.44. The molecule has 0 aromatic heterocycles. The summed E-state index contributed by atoms with van der Waals surface area (Å²) in [6.07, 6.45) is 7.97. The van der Waals surface area contributed by atoms with E-state index >= 15 is 0 Å². The van der Waals surface area contributed by atoms with Crippen LogP contribution in [0.1, 0.15) is 91.9 Å². The number of nitriles is 1. The van der Waals surface area contributed by atoms with Crippen molar-refractivity contribution in [3.63, 3.8) is 0 Å². The van der Waals surface area contributed by atoms with E-state index in [-0.39, 0.29) is 52.2 Å². The lowest BCUT2D eigenvalue weighted by atomic mass is 9.93. The fraction of sp³-hybridized carbons (Fsp3) is 0.478. The van der Waals surface area contributed by atoms with Gasteiger partial charge in [-0.25, -0.2) is 0 Å². The Kier molecular flexibility index (Phi) is 20.3. The monoisotopic (exact) mass is 931 g/mol. The molecule has 1 aliphatic rings. The van der Waals surface area contributed by atoms with Gasteiger partial charge in [-0.15, -0.1) is 0 Å². The molecule has 10 N–H and O–H groups in total. The van der Waals surface area contributed by atoms with Gasteiger partial charge in [0.25, 0.3) is 5.91 Å². The summed E-state index contributed by atoms with van der Waals surface area (Å²) in [6, 6.07) is 12.8. The molecule has 16 nitrogen and oxygen atoms in total. The van der Waals surface area contributed by atoms with E-state index in [2.05, 4.69) is 44.1 Å². The number of carbonyl (C=O) groups excluding carboxylic acids is 5. The number of rotatable bonds is 21. The highest BCUT2D eigenvalue weighted by Crippen LogP contribution is 2.40. The van der Waals surface area contributed by atoms with E-state index < -0.39 is 53.7 Å². The largest absolute Gasteiger partial charge is 0.492 e. The van der Waals surface area contributed by atoms with Crippen LogP contribution in [0.4, 0.5) is 0 Å². The average Bonchev–Trinajstić information content (AvgIpc) is 3.27. The van der Waals surface area contributed by atoms with Crippen molar-refractivity contribution in [3.8, 4) is 28.7 Å². The van der Waals surface area contributed by atoms with Crippen molar-refractivity contribution in [2.45, 2.75) is 95.8 Å². The minimum Gasteiger partial charge on any atom is -0.492 e. The molecule has 1 aliphatic heterocycles. The number of hydrogen-bond acceptors (Lipinski definition) is 11. The van der Waals surface area contributed by atoms with Crippen LogP contribution >= 0.6 is 15.9 Å². The van der Waals surface area contributed by atoms with Gasteiger partial charge in [0.1, 0.15) is 55.4 Å². The van der Waals surface area contributed by atoms with Crippen LogP contribution in [-0.4, -0.2) is 99.0 Å². The summed E-state index contributed by atoms with van der Waals surface area (Å²) in [5.74, 6) is -2.34. The molecule has 0 fully saturated rings. The molecule has 0 radical (unpaired) electrons. The molecule has 0 aliphatic carbocycles. The molecule has 4 atom stereocenters. The summed E-state index contributed by atoms with van der Waals surface area (Å²) in [6.45, 7) is 4.11. The Bertz CT molecular complexity index is 2090. The van der Waals surface area contributed by atoms with Gasteiger partial charge >= 0.3 is 0 Å². The van der Waals surface area contributed by atoms with Gasteiger partial charge in [0.05, 0.1) is 11.6 Å². The first-order valence-corrected chi connectivity index (χ1v) is 22.4. The topological polar surface area (TPSA) is 257 Å². The van der Waals surface area contributed by atoms with Crippen molar-refractivity contribution in [1.82, 2.24) is 26.2 Å². The van der Waals surface area contributed by atoms with Gasteiger partial charge in [-0.2, -0.15) is 5.26 Å². The van der Waals surface area contributed by atoms with Crippen LogP contribution < -0.4 is 47.9 Å². The van der Waals surface area contributed by atoms with Gasteiger partial charge in [0.15, 0.2) is 0 Å². The SMILES string of the molecule is CCCCCCCCc1ccc(C(=O)N[C@@H](CCN)C(=O)N(C)[C@@H]2C(=O)N[C@@H](C)C(=O)N[C@H](C(=O)NCC#N)Cc3ccc(OCCN)c(c3)-c3cc2ccc3OCCN)c(Br)c1. The predicted molar refractivity (Wildman–Crippen MR) is 244 cm³/mol. The van der Waals surface area contributed by atoms with E-state index in [1.165, 1.54) is 44.6 Å². The number of amides is 5. The second kappa shape index (κ2) is 25.5. The molecule has 4 rings (SSSR count). The smallest absolute Gasteiger partial charge is 0.253 e. The molecule has 0 saturated heterocycles. The fourth-order valence-corrected chi connectivity index (χ4v) is 7.98. The highest BCUT2D eigenvalue weighted by Gasteiger charge is 2.36. The zero-order valence-electron chi connectivity index (χ0n) is 36.5. The second-order valence-electron chi connectivity index (χ2n) is 15.5. The highest BCUT2D eigenvalue weighted by atomic mass is 79.9. The summed E-state index contributed by atoms with van der Waals surface area (Å²) >= 11 is 3.56. The number of aryl methyl sites for hydroxylation is 1. The van der Waals surface area contributed by atoms with E-state index in [0.717, 1.165) is 24.8 Å². The number of carbonyl (C=O) groups is 5. The maximum Gasteiger partial charge on any atom is 0.253 e. The molecule has 63 heavy (non-hydrogen) atoms. The normalized spacial score (nSPS) is 16.6. The van der Waals surface area contributed by atoms with Gasteiger partial charge in [0, 0.05) is 42.2 Å². The van der Waals surface area contributed by atoms with Crippen LogP contribution in [0.25, 0.3) is 11.1 Å². The quantitative estimate of drug-likeness (QED) is 0.0601. The number of hydrogen-bond donors (Lipinski definition) is 7. The molecule has 340 valence electrons. The molecule has 0 saturated carbocycles. The summed E-state index contributed by atoms with van der Waals surface area (Å²) in [4.78, 5) is 71.1. The molecule has 0 unspecified atom stereocenters. The number of halogens is 1. The Hall–Kier alpha value is -5.54. The van der Waals surface area contributed by atoms with Gasteiger partial charge in [-0.1, -0.05) is 57.2 Å². The number of unbranched alkanes of at least 4 members (excludes halogenated alkanes) is 5. The van der Waals surface area contributed by atoms with Crippen molar-refractivity contribution < 1.29 is 33.4 Å². The zero-order valence-corrected chi connectivity index (χ0v) is 38.1. The highest BCUT2D eigenvalue weighted by molar-refractivity contribution is 9.10. The van der Waals surface area contributed by atoms with E-state index in [0.29, 0.717) is 43.8 Å². The van der Waals surface area contributed by atoms with Crippen LogP contribution in [0.3, 0.4) is 0 Å². The number of fused-ring (bicyclic) bond motifs is 5. The van der Waals surface area contributed by atoms with Crippen LogP contribution in [0.5, 0.6) is 11.5 Å². The van der Waals surface area contributed by atoms with Crippen LogP contribution in [0.15, 0.2) is 59.1 Å². The third kappa shape index (κ3) is 14.2. The predicted octanol–water partition coefficient (Wildman–Crippen LogP) is 3.53. The van der Waals surface area contributed by atoms with Crippen LogP contribution in [0, 0.1) is 11.3 Å².